The van der Waals surface area contributed by atoms with Crippen molar-refractivity contribution in [1.82, 2.24) is 9.97 Å². The molecule has 4 nitrogen and oxygen atoms in total. The molecule has 4 aromatic rings. The lowest BCUT2D eigenvalue weighted by atomic mass is 9.85. The molecule has 156 valence electrons. The molecule has 0 bridgehead atoms. The standard InChI is InChI=1S/C27H27N3O/c1-17-6-3-4-7-21(17)20-10-11-26(29-16-20)30-27(31)23-9-5-8-22(23)24-15-25-19(12-13-28-25)14-18(24)2/h3-4,6-7,10-16,22-23,28H,5,8-9H2,1-2H3,(H,29,30,31). The second-order valence-corrected chi connectivity index (χ2v) is 8.65. The molecule has 1 amide bonds. The Kier molecular flexibility index (Phi) is 5.06. The molecule has 1 fully saturated rings. The average molecular weight is 410 g/mol. The van der Waals surface area contributed by atoms with Gasteiger partial charge in [-0.05, 0) is 90.6 Å². The van der Waals surface area contributed by atoms with Crippen LogP contribution < -0.4 is 5.32 Å². The van der Waals surface area contributed by atoms with E-state index in [4.69, 9.17) is 0 Å². The maximum Gasteiger partial charge on any atom is 0.229 e. The van der Waals surface area contributed by atoms with Gasteiger partial charge in [-0.3, -0.25) is 4.79 Å². The fourth-order valence-corrected chi connectivity index (χ4v) is 5.02. The first-order chi connectivity index (χ1) is 15.1. The van der Waals surface area contributed by atoms with E-state index in [2.05, 4.69) is 59.5 Å². The van der Waals surface area contributed by atoms with Crippen LogP contribution in [0.3, 0.4) is 0 Å². The summed E-state index contributed by atoms with van der Waals surface area (Å²) in [5, 5.41) is 4.29. The van der Waals surface area contributed by atoms with Crippen LogP contribution in [-0.2, 0) is 4.79 Å². The van der Waals surface area contributed by atoms with Gasteiger partial charge in [0.2, 0.25) is 5.91 Å². The minimum atomic E-state index is -0.0241. The van der Waals surface area contributed by atoms with Crippen molar-refractivity contribution < 1.29 is 4.79 Å². The highest BCUT2D eigenvalue weighted by Crippen LogP contribution is 2.42. The third kappa shape index (κ3) is 3.74. The van der Waals surface area contributed by atoms with Gasteiger partial charge in [-0.1, -0.05) is 30.7 Å². The molecule has 0 radical (unpaired) electrons. The number of carbonyl (C=O) groups is 1. The number of fused-ring (bicyclic) bond motifs is 1. The minimum Gasteiger partial charge on any atom is -0.361 e. The lowest BCUT2D eigenvalue weighted by Crippen LogP contribution is -2.25. The molecule has 5 rings (SSSR count). The fourth-order valence-electron chi connectivity index (χ4n) is 5.02. The van der Waals surface area contributed by atoms with Gasteiger partial charge in [0.1, 0.15) is 5.82 Å². The number of benzene rings is 2. The van der Waals surface area contributed by atoms with Crippen LogP contribution in [0.2, 0.25) is 0 Å². The van der Waals surface area contributed by atoms with E-state index >= 15 is 0 Å². The van der Waals surface area contributed by atoms with Crippen LogP contribution >= 0.6 is 0 Å². The zero-order valence-corrected chi connectivity index (χ0v) is 18.0. The number of carbonyl (C=O) groups excluding carboxylic acids is 1. The van der Waals surface area contributed by atoms with Crippen molar-refractivity contribution >= 4 is 22.6 Å². The molecule has 0 spiro atoms. The number of H-pyrrole nitrogens is 1. The van der Waals surface area contributed by atoms with Crippen molar-refractivity contribution in [2.24, 2.45) is 5.92 Å². The summed E-state index contributed by atoms with van der Waals surface area (Å²) in [7, 11) is 0. The molecular weight excluding hydrogens is 382 g/mol. The molecule has 0 saturated heterocycles. The summed E-state index contributed by atoms with van der Waals surface area (Å²) >= 11 is 0. The van der Waals surface area contributed by atoms with E-state index in [1.807, 2.05) is 36.7 Å². The first-order valence-corrected chi connectivity index (χ1v) is 11.0. The molecule has 1 saturated carbocycles. The van der Waals surface area contributed by atoms with Gasteiger partial charge >= 0.3 is 0 Å². The van der Waals surface area contributed by atoms with Crippen LogP contribution in [0.5, 0.6) is 0 Å². The van der Waals surface area contributed by atoms with E-state index < -0.39 is 0 Å². The Balaban J connectivity index is 1.34. The van der Waals surface area contributed by atoms with Gasteiger partial charge in [-0.15, -0.1) is 0 Å². The molecule has 1 aliphatic carbocycles. The van der Waals surface area contributed by atoms with Crippen molar-refractivity contribution in [3.05, 3.63) is 83.7 Å². The van der Waals surface area contributed by atoms with Crippen LogP contribution in [0.4, 0.5) is 5.82 Å². The molecule has 2 unspecified atom stereocenters. The Hall–Kier alpha value is -3.40. The first-order valence-electron chi connectivity index (χ1n) is 11.0. The molecular formula is C27H27N3O. The first kappa shape index (κ1) is 19.6. The van der Waals surface area contributed by atoms with Crippen molar-refractivity contribution in [3.8, 4) is 11.1 Å². The normalized spacial score (nSPS) is 18.4. The largest absolute Gasteiger partial charge is 0.361 e. The maximum absolute atomic E-state index is 13.2. The number of aromatic nitrogens is 2. The number of aromatic amines is 1. The summed E-state index contributed by atoms with van der Waals surface area (Å²) in [5.74, 6) is 0.914. The Morgan fingerprint density at radius 2 is 1.90 bits per heavy atom. The summed E-state index contributed by atoms with van der Waals surface area (Å²) in [5.41, 5.74) is 7.13. The van der Waals surface area contributed by atoms with Crippen LogP contribution in [0.25, 0.3) is 22.0 Å². The van der Waals surface area contributed by atoms with E-state index in [-0.39, 0.29) is 17.7 Å². The van der Waals surface area contributed by atoms with E-state index in [1.54, 1.807) is 0 Å². The van der Waals surface area contributed by atoms with E-state index in [9.17, 15) is 4.79 Å². The van der Waals surface area contributed by atoms with Crippen molar-refractivity contribution in [2.75, 3.05) is 5.32 Å². The summed E-state index contributed by atoms with van der Waals surface area (Å²) < 4.78 is 0. The average Bonchev–Trinajstić information content (AvgIpc) is 3.43. The lowest BCUT2D eigenvalue weighted by Gasteiger charge is -2.21. The third-order valence-corrected chi connectivity index (χ3v) is 6.66. The predicted molar refractivity (Wildman–Crippen MR) is 126 cm³/mol. The SMILES string of the molecule is Cc1ccccc1-c1ccc(NC(=O)C2CCCC2c2cc3[nH]ccc3cc2C)nc1. The van der Waals surface area contributed by atoms with Crippen LogP contribution in [0.15, 0.2) is 67.0 Å². The Morgan fingerprint density at radius 3 is 2.71 bits per heavy atom. The van der Waals surface area contributed by atoms with Gasteiger partial charge in [-0.25, -0.2) is 4.98 Å². The minimum absolute atomic E-state index is 0.0241. The second-order valence-electron chi connectivity index (χ2n) is 8.65. The van der Waals surface area contributed by atoms with Gasteiger partial charge in [0.25, 0.3) is 0 Å². The molecule has 2 aromatic carbocycles. The lowest BCUT2D eigenvalue weighted by molar-refractivity contribution is -0.120. The van der Waals surface area contributed by atoms with Crippen molar-refractivity contribution in [2.45, 2.75) is 39.0 Å². The van der Waals surface area contributed by atoms with Gasteiger partial charge in [-0.2, -0.15) is 0 Å². The zero-order chi connectivity index (χ0) is 21.4. The third-order valence-electron chi connectivity index (χ3n) is 6.66. The Bertz CT molecular complexity index is 1240. The number of hydrogen-bond acceptors (Lipinski definition) is 2. The van der Waals surface area contributed by atoms with Gasteiger partial charge in [0, 0.05) is 29.4 Å². The number of amides is 1. The van der Waals surface area contributed by atoms with E-state index in [1.165, 1.54) is 27.6 Å². The monoisotopic (exact) mass is 409 g/mol. The smallest absolute Gasteiger partial charge is 0.229 e. The molecule has 2 aromatic heterocycles. The Labute approximate surface area is 182 Å². The maximum atomic E-state index is 13.2. The van der Waals surface area contributed by atoms with Crippen molar-refractivity contribution in [3.63, 3.8) is 0 Å². The molecule has 31 heavy (non-hydrogen) atoms. The Morgan fingerprint density at radius 1 is 1.03 bits per heavy atom. The molecule has 2 heterocycles. The molecule has 2 atom stereocenters. The van der Waals surface area contributed by atoms with Crippen LogP contribution in [-0.4, -0.2) is 15.9 Å². The summed E-state index contributed by atoms with van der Waals surface area (Å²) in [6.45, 7) is 4.25. The number of pyridine rings is 1. The van der Waals surface area contributed by atoms with Crippen LogP contribution in [0, 0.1) is 19.8 Å². The summed E-state index contributed by atoms with van der Waals surface area (Å²) in [6, 6.07) is 18.7. The van der Waals surface area contributed by atoms with Crippen LogP contribution in [0.1, 0.15) is 41.9 Å². The van der Waals surface area contributed by atoms with Crippen molar-refractivity contribution in [1.29, 1.82) is 0 Å². The molecule has 0 aliphatic heterocycles. The number of nitrogens with one attached hydrogen (secondary N) is 2. The zero-order valence-electron chi connectivity index (χ0n) is 18.0. The van der Waals surface area contributed by atoms with E-state index in [0.29, 0.717) is 5.82 Å². The summed E-state index contributed by atoms with van der Waals surface area (Å²) in [4.78, 5) is 21.0. The predicted octanol–water partition coefficient (Wildman–Crippen LogP) is 6.37. The van der Waals surface area contributed by atoms with Gasteiger partial charge in [0.15, 0.2) is 0 Å². The van der Waals surface area contributed by atoms with E-state index in [0.717, 1.165) is 30.3 Å². The molecule has 4 heteroatoms. The highest BCUT2D eigenvalue weighted by molar-refractivity contribution is 5.93. The number of hydrogen-bond donors (Lipinski definition) is 2. The quantitative estimate of drug-likeness (QED) is 0.411. The van der Waals surface area contributed by atoms with Gasteiger partial charge in [0.05, 0.1) is 0 Å². The number of aryl methyl sites for hydroxylation is 2. The highest BCUT2D eigenvalue weighted by atomic mass is 16.2. The fraction of sp³-hybridized carbons (Fsp3) is 0.259. The number of rotatable bonds is 4. The number of anilines is 1. The number of nitrogens with zero attached hydrogens (tertiary/aromatic N) is 1. The van der Waals surface area contributed by atoms with Gasteiger partial charge < -0.3 is 10.3 Å². The summed E-state index contributed by atoms with van der Waals surface area (Å²) in [6.07, 6.45) is 6.85. The molecule has 2 N–H and O–H groups in total. The second kappa shape index (κ2) is 8.03. The molecule has 1 aliphatic rings. The topological polar surface area (TPSA) is 57.8 Å². The highest BCUT2D eigenvalue weighted by Gasteiger charge is 2.35.